The van der Waals surface area contributed by atoms with Gasteiger partial charge in [-0.05, 0) is 26.9 Å². The average molecular weight is 325 g/mol. The minimum atomic E-state index is 0.188. The van der Waals surface area contributed by atoms with Gasteiger partial charge in [0.25, 0.3) is 0 Å². The van der Waals surface area contributed by atoms with Gasteiger partial charge in [0, 0.05) is 12.6 Å². The molecule has 2 nitrogen and oxygen atoms in total. The number of hydrogen-bond donors (Lipinski definition) is 1. The van der Waals surface area contributed by atoms with Gasteiger partial charge in [0.15, 0.2) is 5.13 Å². The Balaban J connectivity index is 2.37. The highest BCUT2D eigenvalue weighted by molar-refractivity contribution is 9.11. The van der Waals surface area contributed by atoms with E-state index in [1.807, 2.05) is 7.05 Å². The quantitative estimate of drug-likeness (QED) is 0.848. The first-order chi connectivity index (χ1) is 8.41. The van der Waals surface area contributed by atoms with E-state index in [1.165, 1.54) is 5.56 Å². The van der Waals surface area contributed by atoms with Crippen molar-refractivity contribution >= 4 is 32.4 Å². The van der Waals surface area contributed by atoms with Gasteiger partial charge in [-0.25, -0.2) is 4.98 Å². The van der Waals surface area contributed by atoms with E-state index in [0.29, 0.717) is 0 Å². The molecule has 0 unspecified atom stereocenters. The standard InChI is InChI=1S/C14H17BrN2S/c1-14(2,3)10-7-5-9(6-8-10)11-12(15)18-13(16-4)17-11/h5-8H,1-4H3,(H,16,17). The predicted molar refractivity (Wildman–Crippen MR) is 83.5 cm³/mol. The van der Waals surface area contributed by atoms with Gasteiger partial charge in [-0.1, -0.05) is 56.4 Å². The summed E-state index contributed by atoms with van der Waals surface area (Å²) in [5.41, 5.74) is 3.68. The number of benzene rings is 1. The summed E-state index contributed by atoms with van der Waals surface area (Å²) in [6.07, 6.45) is 0. The lowest BCUT2D eigenvalue weighted by Gasteiger charge is -2.18. The van der Waals surface area contributed by atoms with Crippen molar-refractivity contribution < 1.29 is 0 Å². The zero-order valence-corrected chi connectivity index (χ0v) is 13.4. The van der Waals surface area contributed by atoms with Crippen LogP contribution in [0, 0.1) is 0 Å². The van der Waals surface area contributed by atoms with Crippen molar-refractivity contribution in [3.05, 3.63) is 33.6 Å². The van der Waals surface area contributed by atoms with Crippen LogP contribution < -0.4 is 5.32 Å². The molecule has 4 heteroatoms. The third-order valence-corrected chi connectivity index (χ3v) is 4.55. The number of rotatable bonds is 2. The van der Waals surface area contributed by atoms with Crippen LogP contribution in [0.5, 0.6) is 0 Å². The molecule has 0 aliphatic rings. The minimum absolute atomic E-state index is 0.188. The summed E-state index contributed by atoms with van der Waals surface area (Å²) in [7, 11) is 1.89. The molecule has 0 amide bonds. The summed E-state index contributed by atoms with van der Waals surface area (Å²) in [5, 5.41) is 4.00. The molecular weight excluding hydrogens is 308 g/mol. The molecule has 0 aliphatic carbocycles. The Morgan fingerprint density at radius 2 is 1.78 bits per heavy atom. The molecule has 0 radical (unpaired) electrons. The maximum atomic E-state index is 4.55. The predicted octanol–water partition coefficient (Wildman–Crippen LogP) is 4.91. The summed E-state index contributed by atoms with van der Waals surface area (Å²) in [5.74, 6) is 0. The van der Waals surface area contributed by atoms with Gasteiger partial charge in [-0.15, -0.1) is 0 Å². The molecule has 0 atom stereocenters. The highest BCUT2D eigenvalue weighted by Gasteiger charge is 2.15. The van der Waals surface area contributed by atoms with Crippen LogP contribution in [-0.4, -0.2) is 12.0 Å². The van der Waals surface area contributed by atoms with Crippen molar-refractivity contribution in [1.29, 1.82) is 0 Å². The van der Waals surface area contributed by atoms with Gasteiger partial charge < -0.3 is 5.32 Å². The van der Waals surface area contributed by atoms with Crippen LogP contribution in [0.25, 0.3) is 11.3 Å². The number of aromatic nitrogens is 1. The normalized spacial score (nSPS) is 11.6. The Hall–Kier alpha value is -0.870. The fourth-order valence-corrected chi connectivity index (χ4v) is 3.16. The van der Waals surface area contributed by atoms with E-state index < -0.39 is 0 Å². The number of halogens is 1. The van der Waals surface area contributed by atoms with E-state index >= 15 is 0 Å². The van der Waals surface area contributed by atoms with E-state index in [-0.39, 0.29) is 5.41 Å². The maximum absolute atomic E-state index is 4.55. The molecule has 0 saturated carbocycles. The van der Waals surface area contributed by atoms with Crippen LogP contribution in [-0.2, 0) is 5.41 Å². The Kier molecular flexibility index (Phi) is 3.78. The van der Waals surface area contributed by atoms with Crippen LogP contribution in [0.1, 0.15) is 26.3 Å². The number of nitrogens with one attached hydrogen (secondary N) is 1. The lowest BCUT2D eigenvalue weighted by Crippen LogP contribution is -2.10. The second-order valence-electron chi connectivity index (χ2n) is 5.22. The molecule has 18 heavy (non-hydrogen) atoms. The third kappa shape index (κ3) is 2.75. The molecule has 0 saturated heterocycles. The van der Waals surface area contributed by atoms with E-state index in [1.54, 1.807) is 11.3 Å². The van der Waals surface area contributed by atoms with Gasteiger partial charge >= 0.3 is 0 Å². The van der Waals surface area contributed by atoms with Gasteiger partial charge in [-0.3, -0.25) is 0 Å². The molecule has 1 aromatic carbocycles. The van der Waals surface area contributed by atoms with Gasteiger partial charge in [0.1, 0.15) is 0 Å². The number of nitrogens with zero attached hydrogens (tertiary/aromatic N) is 1. The van der Waals surface area contributed by atoms with Crippen molar-refractivity contribution in [2.45, 2.75) is 26.2 Å². The Morgan fingerprint density at radius 3 is 2.22 bits per heavy atom. The highest BCUT2D eigenvalue weighted by Crippen LogP contribution is 2.36. The van der Waals surface area contributed by atoms with Crippen molar-refractivity contribution in [2.24, 2.45) is 0 Å². The summed E-state index contributed by atoms with van der Waals surface area (Å²) >= 11 is 5.18. The summed E-state index contributed by atoms with van der Waals surface area (Å²) < 4.78 is 1.07. The van der Waals surface area contributed by atoms with Crippen LogP contribution in [0.15, 0.2) is 28.1 Å². The zero-order chi connectivity index (χ0) is 13.3. The van der Waals surface area contributed by atoms with Crippen molar-refractivity contribution in [3.8, 4) is 11.3 Å². The molecule has 1 aromatic heterocycles. The first kappa shape index (κ1) is 13.6. The monoisotopic (exact) mass is 324 g/mol. The van der Waals surface area contributed by atoms with Crippen LogP contribution in [0.3, 0.4) is 0 Å². The Labute approximate surface area is 121 Å². The lowest BCUT2D eigenvalue weighted by atomic mass is 9.86. The Morgan fingerprint density at radius 1 is 1.17 bits per heavy atom. The topological polar surface area (TPSA) is 24.9 Å². The number of thiazole rings is 1. The molecular formula is C14H17BrN2S. The molecule has 96 valence electrons. The number of anilines is 1. The first-order valence-electron chi connectivity index (χ1n) is 5.87. The molecule has 0 spiro atoms. The van der Waals surface area contributed by atoms with E-state index in [2.05, 4.69) is 71.3 Å². The molecule has 2 aromatic rings. The lowest BCUT2D eigenvalue weighted by molar-refractivity contribution is 0.590. The van der Waals surface area contributed by atoms with Gasteiger partial charge in [0.2, 0.25) is 0 Å². The van der Waals surface area contributed by atoms with E-state index in [0.717, 1.165) is 20.2 Å². The van der Waals surface area contributed by atoms with Gasteiger partial charge in [0.05, 0.1) is 9.48 Å². The molecule has 1 N–H and O–H groups in total. The maximum Gasteiger partial charge on any atom is 0.184 e. The number of hydrogen-bond acceptors (Lipinski definition) is 3. The largest absolute Gasteiger partial charge is 0.365 e. The second kappa shape index (κ2) is 5.02. The van der Waals surface area contributed by atoms with Crippen molar-refractivity contribution in [1.82, 2.24) is 4.98 Å². The third-order valence-electron chi connectivity index (χ3n) is 2.82. The summed E-state index contributed by atoms with van der Waals surface area (Å²) in [6, 6.07) is 8.64. The smallest absolute Gasteiger partial charge is 0.184 e. The first-order valence-corrected chi connectivity index (χ1v) is 7.48. The molecule has 0 aliphatic heterocycles. The fraction of sp³-hybridized carbons (Fsp3) is 0.357. The molecule has 1 heterocycles. The van der Waals surface area contributed by atoms with Crippen LogP contribution in [0.2, 0.25) is 0 Å². The van der Waals surface area contributed by atoms with Crippen LogP contribution in [0.4, 0.5) is 5.13 Å². The summed E-state index contributed by atoms with van der Waals surface area (Å²) in [6.45, 7) is 6.67. The van der Waals surface area contributed by atoms with Crippen LogP contribution >= 0.6 is 27.3 Å². The van der Waals surface area contributed by atoms with E-state index in [9.17, 15) is 0 Å². The van der Waals surface area contributed by atoms with E-state index in [4.69, 9.17) is 0 Å². The van der Waals surface area contributed by atoms with Crippen molar-refractivity contribution in [3.63, 3.8) is 0 Å². The molecule has 0 fully saturated rings. The Bertz CT molecular complexity index is 538. The fourth-order valence-electron chi connectivity index (χ4n) is 1.71. The zero-order valence-electron chi connectivity index (χ0n) is 11.0. The minimum Gasteiger partial charge on any atom is -0.365 e. The highest BCUT2D eigenvalue weighted by atomic mass is 79.9. The average Bonchev–Trinajstić information content (AvgIpc) is 2.70. The molecule has 2 rings (SSSR count). The van der Waals surface area contributed by atoms with Gasteiger partial charge in [-0.2, -0.15) is 0 Å². The second-order valence-corrected chi connectivity index (χ2v) is 7.54. The SMILES string of the molecule is CNc1nc(-c2ccc(C(C)(C)C)cc2)c(Br)s1. The summed E-state index contributed by atoms with van der Waals surface area (Å²) in [4.78, 5) is 4.55. The molecule has 0 bridgehead atoms. The van der Waals surface area contributed by atoms with Crippen molar-refractivity contribution in [2.75, 3.05) is 12.4 Å².